The first-order valence-electron chi connectivity index (χ1n) is 10.7. The highest BCUT2D eigenvalue weighted by molar-refractivity contribution is 6.06. The molecule has 0 aliphatic carbocycles. The Balaban J connectivity index is 2.12. The lowest BCUT2D eigenvalue weighted by molar-refractivity contribution is 0.102. The molecule has 2 aromatic carbocycles. The Hall–Kier alpha value is -3.08. The Morgan fingerprint density at radius 2 is 1.65 bits per heavy atom. The number of pyridine rings is 1. The molecule has 0 atom stereocenters. The van der Waals surface area contributed by atoms with Crippen LogP contribution in [0.5, 0.6) is 5.75 Å². The van der Waals surface area contributed by atoms with E-state index in [1.807, 2.05) is 25.1 Å². The number of ether oxygens (including phenoxy) is 1. The lowest BCUT2D eigenvalue weighted by Gasteiger charge is -2.29. The molecule has 0 fully saturated rings. The van der Waals surface area contributed by atoms with Crippen molar-refractivity contribution in [1.82, 2.24) is 4.98 Å². The van der Waals surface area contributed by atoms with Gasteiger partial charge in [0.15, 0.2) is 0 Å². The Morgan fingerprint density at radius 3 is 2.26 bits per heavy atom. The molecule has 3 rings (SSSR count). The summed E-state index contributed by atoms with van der Waals surface area (Å²) in [4.78, 5) is 29.1. The minimum atomic E-state index is -0.441. The fraction of sp³-hybridized carbons (Fsp3) is 0.385. The Labute approximate surface area is 183 Å². The molecule has 164 valence electrons. The molecule has 0 unspecified atom stereocenters. The second-order valence-corrected chi connectivity index (χ2v) is 9.86. The molecule has 1 heterocycles. The van der Waals surface area contributed by atoms with Crippen LogP contribution in [-0.2, 0) is 10.8 Å². The second-order valence-electron chi connectivity index (χ2n) is 9.86. The molecule has 0 aliphatic heterocycles. The van der Waals surface area contributed by atoms with E-state index in [4.69, 9.17) is 4.74 Å². The van der Waals surface area contributed by atoms with Gasteiger partial charge in [-0.05, 0) is 47.1 Å². The van der Waals surface area contributed by atoms with Crippen molar-refractivity contribution in [3.05, 3.63) is 69.5 Å². The normalized spacial score (nSPS) is 12.1. The maximum absolute atomic E-state index is 13.1. The van der Waals surface area contributed by atoms with Crippen LogP contribution in [0.3, 0.4) is 0 Å². The monoisotopic (exact) mass is 420 g/mol. The molecule has 5 nitrogen and oxygen atoms in total. The third kappa shape index (κ3) is 4.66. The van der Waals surface area contributed by atoms with Gasteiger partial charge in [-0.25, -0.2) is 0 Å². The van der Waals surface area contributed by atoms with Crippen LogP contribution in [-0.4, -0.2) is 17.5 Å². The molecule has 2 N–H and O–H groups in total. The van der Waals surface area contributed by atoms with Crippen molar-refractivity contribution < 1.29 is 9.53 Å². The van der Waals surface area contributed by atoms with Gasteiger partial charge in [-0.2, -0.15) is 0 Å². The van der Waals surface area contributed by atoms with Crippen LogP contribution in [0.4, 0.5) is 5.69 Å². The summed E-state index contributed by atoms with van der Waals surface area (Å²) in [6.45, 7) is 15.2. The van der Waals surface area contributed by atoms with Crippen molar-refractivity contribution in [1.29, 1.82) is 0 Å². The topological polar surface area (TPSA) is 71.2 Å². The fourth-order valence-electron chi connectivity index (χ4n) is 3.69. The second kappa shape index (κ2) is 8.22. The zero-order chi connectivity index (χ0) is 23.0. The number of fused-ring (bicyclic) bond motifs is 1. The summed E-state index contributed by atoms with van der Waals surface area (Å²) in [5.74, 6) is 0.300. The van der Waals surface area contributed by atoms with E-state index in [0.717, 1.165) is 16.9 Å². The number of carbonyl (C=O) groups excluding carboxylic acids is 1. The number of rotatable bonds is 4. The maximum Gasteiger partial charge on any atom is 0.261 e. The first kappa shape index (κ1) is 22.6. The van der Waals surface area contributed by atoms with Crippen molar-refractivity contribution >= 4 is 22.5 Å². The lowest BCUT2D eigenvalue weighted by Crippen LogP contribution is -2.25. The average molecular weight is 421 g/mol. The van der Waals surface area contributed by atoms with Gasteiger partial charge in [-0.15, -0.1) is 0 Å². The minimum Gasteiger partial charge on any atom is -0.493 e. The van der Waals surface area contributed by atoms with E-state index in [2.05, 4.69) is 57.9 Å². The zero-order valence-electron chi connectivity index (χ0n) is 19.5. The molecule has 0 bridgehead atoms. The molecule has 1 aromatic heterocycles. The standard InChI is InChI=1S/C26H32N2O3/c1-8-31-22-14-21(18(25(2,3)4)13-19(22)26(5,6)7)28-24(30)17-15-27-20-12-10-9-11-16(20)23(17)29/h9-15H,8H2,1-7H3,(H,27,29)(H,28,30). The molecule has 0 saturated carbocycles. The van der Waals surface area contributed by atoms with Gasteiger partial charge in [0.1, 0.15) is 11.3 Å². The Kier molecular flexibility index (Phi) is 5.99. The summed E-state index contributed by atoms with van der Waals surface area (Å²) in [6.07, 6.45) is 1.48. The number of hydrogen-bond acceptors (Lipinski definition) is 3. The van der Waals surface area contributed by atoms with Crippen LogP contribution in [0.15, 0.2) is 47.4 Å². The number of aromatic amines is 1. The number of amides is 1. The third-order valence-corrected chi connectivity index (χ3v) is 5.32. The van der Waals surface area contributed by atoms with Crippen LogP contribution in [0, 0.1) is 0 Å². The minimum absolute atomic E-state index is 0.0800. The van der Waals surface area contributed by atoms with Gasteiger partial charge in [0.2, 0.25) is 5.43 Å². The van der Waals surface area contributed by atoms with Crippen LogP contribution < -0.4 is 15.5 Å². The summed E-state index contributed by atoms with van der Waals surface area (Å²) in [7, 11) is 0. The lowest BCUT2D eigenvalue weighted by atomic mass is 9.79. The number of anilines is 1. The van der Waals surface area contributed by atoms with Gasteiger partial charge in [0.05, 0.1) is 6.61 Å². The zero-order valence-corrected chi connectivity index (χ0v) is 19.5. The highest BCUT2D eigenvalue weighted by Gasteiger charge is 2.27. The van der Waals surface area contributed by atoms with Gasteiger partial charge in [0.25, 0.3) is 5.91 Å². The summed E-state index contributed by atoms with van der Waals surface area (Å²) in [5.41, 5.74) is 2.88. The quantitative estimate of drug-likeness (QED) is 0.562. The smallest absolute Gasteiger partial charge is 0.261 e. The van der Waals surface area contributed by atoms with E-state index in [9.17, 15) is 9.59 Å². The largest absolute Gasteiger partial charge is 0.493 e. The van der Waals surface area contributed by atoms with Gasteiger partial charge in [-0.1, -0.05) is 53.7 Å². The highest BCUT2D eigenvalue weighted by Crippen LogP contribution is 2.40. The first-order valence-corrected chi connectivity index (χ1v) is 10.7. The number of aromatic nitrogens is 1. The number of H-pyrrole nitrogens is 1. The molecule has 3 aromatic rings. The Morgan fingerprint density at radius 1 is 1.00 bits per heavy atom. The van der Waals surface area contributed by atoms with Crippen molar-refractivity contribution in [3.8, 4) is 5.75 Å². The predicted octanol–water partition coefficient (Wildman–Crippen LogP) is 5.77. The van der Waals surface area contributed by atoms with E-state index in [-0.39, 0.29) is 21.8 Å². The summed E-state index contributed by atoms with van der Waals surface area (Å²) in [5, 5.41) is 3.47. The maximum atomic E-state index is 13.1. The SMILES string of the molecule is CCOc1cc(NC(=O)c2c[nH]c3ccccc3c2=O)c(C(C)(C)C)cc1C(C)(C)C. The van der Waals surface area contributed by atoms with Crippen LogP contribution in [0.25, 0.3) is 10.9 Å². The average Bonchev–Trinajstić information content (AvgIpc) is 2.67. The van der Waals surface area contributed by atoms with E-state index in [0.29, 0.717) is 23.2 Å². The summed E-state index contributed by atoms with van der Waals surface area (Å²) >= 11 is 0. The van der Waals surface area contributed by atoms with Gasteiger partial charge in [-0.3, -0.25) is 9.59 Å². The van der Waals surface area contributed by atoms with Gasteiger partial charge in [0, 0.05) is 28.9 Å². The molecule has 0 saturated heterocycles. The summed E-state index contributed by atoms with van der Waals surface area (Å²) < 4.78 is 5.92. The fourth-order valence-corrected chi connectivity index (χ4v) is 3.69. The first-order chi connectivity index (χ1) is 14.4. The van der Waals surface area contributed by atoms with Crippen LogP contribution >= 0.6 is 0 Å². The van der Waals surface area contributed by atoms with Gasteiger partial charge >= 0.3 is 0 Å². The number of nitrogens with one attached hydrogen (secondary N) is 2. The van der Waals surface area contributed by atoms with Crippen molar-refractivity contribution in [2.24, 2.45) is 0 Å². The van der Waals surface area contributed by atoms with Crippen molar-refractivity contribution in [2.45, 2.75) is 59.3 Å². The molecule has 0 aliphatic rings. The van der Waals surface area contributed by atoms with E-state index in [1.165, 1.54) is 6.20 Å². The molecule has 1 amide bonds. The molecule has 5 heteroatoms. The molecule has 31 heavy (non-hydrogen) atoms. The summed E-state index contributed by atoms with van der Waals surface area (Å²) in [6, 6.07) is 11.2. The van der Waals surface area contributed by atoms with Crippen LogP contribution in [0.2, 0.25) is 0 Å². The van der Waals surface area contributed by atoms with Crippen LogP contribution in [0.1, 0.15) is 70.0 Å². The molecule has 0 spiro atoms. The number of hydrogen-bond donors (Lipinski definition) is 2. The predicted molar refractivity (Wildman–Crippen MR) is 128 cm³/mol. The van der Waals surface area contributed by atoms with Gasteiger partial charge < -0.3 is 15.0 Å². The third-order valence-electron chi connectivity index (χ3n) is 5.32. The van der Waals surface area contributed by atoms with E-state index < -0.39 is 5.91 Å². The van der Waals surface area contributed by atoms with Crippen molar-refractivity contribution in [3.63, 3.8) is 0 Å². The van der Waals surface area contributed by atoms with E-state index >= 15 is 0 Å². The van der Waals surface area contributed by atoms with Crippen molar-refractivity contribution in [2.75, 3.05) is 11.9 Å². The Bertz CT molecular complexity index is 1180. The molecular formula is C26H32N2O3. The number of benzene rings is 2. The highest BCUT2D eigenvalue weighted by atomic mass is 16.5. The van der Waals surface area contributed by atoms with E-state index in [1.54, 1.807) is 12.1 Å². The number of carbonyl (C=O) groups is 1. The molecular weight excluding hydrogens is 388 g/mol. The number of para-hydroxylation sites is 1. The molecule has 0 radical (unpaired) electrons.